The minimum absolute atomic E-state index is 0.291. The van der Waals surface area contributed by atoms with Crippen molar-refractivity contribution in [3.8, 4) is 11.5 Å². The van der Waals surface area contributed by atoms with Crippen molar-refractivity contribution in [3.05, 3.63) is 95.6 Å². The molecule has 0 aliphatic carbocycles. The van der Waals surface area contributed by atoms with Gasteiger partial charge in [-0.05, 0) is 60.5 Å². The van der Waals surface area contributed by atoms with Crippen LogP contribution in [0.25, 0.3) is 0 Å². The molecule has 0 saturated heterocycles. The number of amides is 1. The van der Waals surface area contributed by atoms with E-state index in [1.54, 1.807) is 31.4 Å². The molecule has 0 spiro atoms. The molecule has 3 aromatic carbocycles. The molecule has 0 saturated carbocycles. The van der Waals surface area contributed by atoms with Crippen molar-refractivity contribution in [2.24, 2.45) is 5.10 Å². The predicted molar refractivity (Wildman–Crippen MR) is 110 cm³/mol. The fraction of sp³-hybridized carbons (Fsp3) is 0.130. The summed E-state index contributed by atoms with van der Waals surface area (Å²) < 4.78 is 10.9. The van der Waals surface area contributed by atoms with Gasteiger partial charge in [0.2, 0.25) is 0 Å². The molecule has 0 aliphatic rings. The van der Waals surface area contributed by atoms with Crippen molar-refractivity contribution in [1.82, 2.24) is 5.43 Å². The van der Waals surface area contributed by atoms with Crippen molar-refractivity contribution in [2.75, 3.05) is 7.11 Å². The van der Waals surface area contributed by atoms with Crippen LogP contribution in [0.1, 0.15) is 28.4 Å². The van der Waals surface area contributed by atoms with Crippen molar-refractivity contribution < 1.29 is 14.3 Å². The molecule has 1 N–H and O–H groups in total. The topological polar surface area (TPSA) is 59.9 Å². The quantitative estimate of drug-likeness (QED) is 0.492. The number of hydrogen-bond acceptors (Lipinski definition) is 4. The number of hydrazone groups is 1. The highest BCUT2D eigenvalue weighted by Crippen LogP contribution is 2.15. The fourth-order valence-corrected chi connectivity index (χ4v) is 2.56. The number of nitrogens with one attached hydrogen (secondary N) is 1. The van der Waals surface area contributed by atoms with Gasteiger partial charge in [-0.2, -0.15) is 5.10 Å². The van der Waals surface area contributed by atoms with Gasteiger partial charge >= 0.3 is 0 Å². The molecule has 0 bridgehead atoms. The SMILES string of the molecule is COc1cccc(C(=O)N/N=C(\C)c2ccc(OCc3ccccc3)cc2)c1. The normalized spacial score (nSPS) is 11.0. The molecule has 1 amide bonds. The highest BCUT2D eigenvalue weighted by Gasteiger charge is 2.06. The lowest BCUT2D eigenvalue weighted by atomic mass is 10.1. The Hall–Kier alpha value is -3.60. The molecule has 142 valence electrons. The minimum atomic E-state index is -0.291. The molecular weight excluding hydrogens is 352 g/mol. The van der Waals surface area contributed by atoms with E-state index >= 15 is 0 Å². The molecule has 0 unspecified atom stereocenters. The van der Waals surface area contributed by atoms with E-state index < -0.39 is 0 Å². The maximum atomic E-state index is 12.2. The fourth-order valence-electron chi connectivity index (χ4n) is 2.56. The summed E-state index contributed by atoms with van der Waals surface area (Å²) in [6.45, 7) is 2.36. The molecular formula is C23H22N2O3. The molecule has 0 heterocycles. The van der Waals surface area contributed by atoms with Crippen LogP contribution in [0.2, 0.25) is 0 Å². The Morgan fingerprint density at radius 1 is 0.893 bits per heavy atom. The molecule has 0 radical (unpaired) electrons. The second-order valence-corrected chi connectivity index (χ2v) is 6.17. The van der Waals surface area contributed by atoms with Crippen molar-refractivity contribution in [1.29, 1.82) is 0 Å². The number of carbonyl (C=O) groups is 1. The van der Waals surface area contributed by atoms with Crippen LogP contribution in [0, 0.1) is 0 Å². The van der Waals surface area contributed by atoms with Gasteiger partial charge < -0.3 is 9.47 Å². The van der Waals surface area contributed by atoms with E-state index in [1.165, 1.54) is 0 Å². The zero-order valence-corrected chi connectivity index (χ0v) is 15.9. The molecule has 28 heavy (non-hydrogen) atoms. The first-order valence-electron chi connectivity index (χ1n) is 8.91. The van der Waals surface area contributed by atoms with Gasteiger partial charge in [0.15, 0.2) is 0 Å². The summed E-state index contributed by atoms with van der Waals surface area (Å²) in [6, 6.07) is 24.5. The Balaban J connectivity index is 1.58. The van der Waals surface area contributed by atoms with Crippen molar-refractivity contribution >= 4 is 11.6 Å². The molecule has 5 nitrogen and oxygen atoms in total. The molecule has 3 rings (SSSR count). The van der Waals surface area contributed by atoms with Gasteiger partial charge in [-0.1, -0.05) is 36.4 Å². The predicted octanol–water partition coefficient (Wildman–Crippen LogP) is 4.43. The number of methoxy groups -OCH3 is 1. The summed E-state index contributed by atoms with van der Waals surface area (Å²) in [5, 5.41) is 4.18. The van der Waals surface area contributed by atoms with Crippen LogP contribution in [0.15, 0.2) is 84.0 Å². The van der Waals surface area contributed by atoms with E-state index in [1.807, 2.05) is 61.5 Å². The third-order valence-corrected chi connectivity index (χ3v) is 4.18. The maximum absolute atomic E-state index is 12.2. The Kier molecular flexibility index (Phi) is 6.41. The van der Waals surface area contributed by atoms with Gasteiger partial charge in [-0.3, -0.25) is 4.79 Å². The smallest absolute Gasteiger partial charge is 0.271 e. The van der Waals surface area contributed by atoms with Crippen LogP contribution < -0.4 is 14.9 Å². The first kappa shape index (κ1) is 19.2. The molecule has 0 atom stereocenters. The van der Waals surface area contributed by atoms with E-state index in [-0.39, 0.29) is 5.91 Å². The lowest BCUT2D eigenvalue weighted by Crippen LogP contribution is -2.19. The highest BCUT2D eigenvalue weighted by atomic mass is 16.5. The monoisotopic (exact) mass is 374 g/mol. The van der Waals surface area contributed by atoms with Gasteiger partial charge in [0, 0.05) is 5.56 Å². The lowest BCUT2D eigenvalue weighted by Gasteiger charge is -2.08. The second-order valence-electron chi connectivity index (χ2n) is 6.17. The van der Waals surface area contributed by atoms with Crippen molar-refractivity contribution in [3.63, 3.8) is 0 Å². The zero-order valence-electron chi connectivity index (χ0n) is 15.9. The maximum Gasteiger partial charge on any atom is 0.271 e. The Labute approximate surface area is 164 Å². The van der Waals surface area contributed by atoms with E-state index in [9.17, 15) is 4.79 Å². The largest absolute Gasteiger partial charge is 0.497 e. The van der Waals surface area contributed by atoms with Crippen LogP contribution in [0.3, 0.4) is 0 Å². The number of nitrogens with zero attached hydrogens (tertiary/aromatic N) is 1. The molecule has 0 fully saturated rings. The first-order chi connectivity index (χ1) is 13.7. The Bertz CT molecular complexity index is 951. The van der Waals surface area contributed by atoms with E-state index in [0.29, 0.717) is 23.6 Å². The summed E-state index contributed by atoms with van der Waals surface area (Å²) >= 11 is 0. The third-order valence-electron chi connectivity index (χ3n) is 4.18. The molecule has 3 aromatic rings. The van der Waals surface area contributed by atoms with Gasteiger partial charge in [-0.15, -0.1) is 0 Å². The zero-order chi connectivity index (χ0) is 19.8. The lowest BCUT2D eigenvalue weighted by molar-refractivity contribution is 0.0954. The summed E-state index contributed by atoms with van der Waals surface area (Å²) in [6.07, 6.45) is 0. The average Bonchev–Trinajstić information content (AvgIpc) is 2.77. The van der Waals surface area contributed by atoms with Gasteiger partial charge in [0.25, 0.3) is 5.91 Å². The Morgan fingerprint density at radius 3 is 2.36 bits per heavy atom. The highest BCUT2D eigenvalue weighted by molar-refractivity contribution is 6.01. The van der Waals surface area contributed by atoms with Crippen LogP contribution in [0.4, 0.5) is 0 Å². The number of benzene rings is 3. The number of ether oxygens (including phenoxy) is 2. The van der Waals surface area contributed by atoms with E-state index in [0.717, 1.165) is 16.9 Å². The van der Waals surface area contributed by atoms with Gasteiger partial charge in [0.1, 0.15) is 18.1 Å². The van der Waals surface area contributed by atoms with Crippen LogP contribution in [-0.4, -0.2) is 18.7 Å². The summed E-state index contributed by atoms with van der Waals surface area (Å²) in [5.41, 5.74) is 5.77. The Morgan fingerprint density at radius 2 is 1.64 bits per heavy atom. The third kappa shape index (κ3) is 5.20. The first-order valence-corrected chi connectivity index (χ1v) is 8.91. The molecule has 0 aromatic heterocycles. The van der Waals surface area contributed by atoms with Crippen LogP contribution >= 0.6 is 0 Å². The summed E-state index contributed by atoms with van der Waals surface area (Å²) in [7, 11) is 1.56. The standard InChI is InChI=1S/C23H22N2O3/c1-17(24-25-23(26)20-9-6-10-22(15-20)27-2)19-11-13-21(14-12-19)28-16-18-7-4-3-5-8-18/h3-15H,16H2,1-2H3,(H,25,26)/b24-17+. The number of hydrogen-bond donors (Lipinski definition) is 1. The second kappa shape index (κ2) is 9.37. The van der Waals surface area contributed by atoms with Gasteiger partial charge in [0.05, 0.1) is 12.8 Å². The summed E-state index contributed by atoms with van der Waals surface area (Å²) in [5.74, 6) is 1.11. The minimum Gasteiger partial charge on any atom is -0.497 e. The van der Waals surface area contributed by atoms with Crippen LogP contribution in [-0.2, 0) is 6.61 Å². The number of carbonyl (C=O) groups excluding carboxylic acids is 1. The van der Waals surface area contributed by atoms with E-state index in [4.69, 9.17) is 9.47 Å². The molecule has 5 heteroatoms. The number of rotatable bonds is 7. The van der Waals surface area contributed by atoms with Gasteiger partial charge in [-0.25, -0.2) is 5.43 Å². The van der Waals surface area contributed by atoms with Crippen LogP contribution in [0.5, 0.6) is 11.5 Å². The average molecular weight is 374 g/mol. The van der Waals surface area contributed by atoms with Crippen molar-refractivity contribution in [2.45, 2.75) is 13.5 Å². The molecule has 0 aliphatic heterocycles. The summed E-state index contributed by atoms with van der Waals surface area (Å²) in [4.78, 5) is 12.2. The van der Waals surface area contributed by atoms with E-state index in [2.05, 4.69) is 10.5 Å².